The smallest absolute Gasteiger partial charge is 0.430 e. The van der Waals surface area contributed by atoms with Crippen LogP contribution in [-0.2, 0) is 42.6 Å². The summed E-state index contributed by atoms with van der Waals surface area (Å²) in [5.74, 6) is 0. The van der Waals surface area contributed by atoms with E-state index in [1.54, 1.807) is 0 Å². The number of carbonyl (C=O) groups is 2. The van der Waals surface area contributed by atoms with Crippen molar-refractivity contribution in [3.63, 3.8) is 0 Å². The fourth-order valence-electron chi connectivity index (χ4n) is 5.16. The van der Waals surface area contributed by atoms with E-state index in [1.807, 2.05) is 62.3 Å². The van der Waals surface area contributed by atoms with Gasteiger partial charge in [0.05, 0.1) is 54.9 Å². The summed E-state index contributed by atoms with van der Waals surface area (Å²) in [4.78, 5) is 22.5. The lowest BCUT2D eigenvalue weighted by molar-refractivity contribution is -0.155. The van der Waals surface area contributed by atoms with Gasteiger partial charge in [0.2, 0.25) is 0 Å². The van der Waals surface area contributed by atoms with Gasteiger partial charge in [-0.3, -0.25) is 0 Å². The molecule has 0 radical (unpaired) electrons. The molecule has 0 aromatic carbocycles. The van der Waals surface area contributed by atoms with Crippen molar-refractivity contribution in [1.82, 2.24) is 0 Å². The minimum absolute atomic E-state index is 0.0439. The third-order valence-corrected chi connectivity index (χ3v) is 8.63. The van der Waals surface area contributed by atoms with Gasteiger partial charge in [0.1, 0.15) is 25.4 Å². The molecule has 0 saturated carbocycles. The minimum Gasteiger partial charge on any atom is -0.430 e. The molecule has 0 spiro atoms. The highest BCUT2D eigenvalue weighted by atomic mass is 16.8. The third kappa shape index (κ3) is 15.5. The second-order valence-corrected chi connectivity index (χ2v) is 15.3. The summed E-state index contributed by atoms with van der Waals surface area (Å²) in [7, 11) is 0. The van der Waals surface area contributed by atoms with Gasteiger partial charge in [-0.2, -0.15) is 0 Å². The van der Waals surface area contributed by atoms with Crippen LogP contribution in [-0.4, -0.2) is 111 Å². The highest BCUT2D eigenvalue weighted by Gasteiger charge is 2.37. The molecule has 2 aliphatic heterocycles. The van der Waals surface area contributed by atoms with E-state index in [2.05, 4.69) is 6.92 Å². The molecule has 0 bridgehead atoms. The van der Waals surface area contributed by atoms with E-state index in [1.165, 1.54) is 0 Å². The van der Waals surface area contributed by atoms with Crippen LogP contribution < -0.4 is 0 Å². The van der Waals surface area contributed by atoms with Crippen LogP contribution in [0.4, 0.5) is 9.59 Å². The first-order valence-corrected chi connectivity index (χ1v) is 16.7. The van der Waals surface area contributed by atoms with Gasteiger partial charge in [-0.1, -0.05) is 6.92 Å². The molecule has 2 rings (SSSR count). The summed E-state index contributed by atoms with van der Waals surface area (Å²) < 4.78 is 51.7. The number of hydrogen-bond acceptors (Lipinski definition) is 12. The lowest BCUT2D eigenvalue weighted by Gasteiger charge is -2.39. The Morgan fingerprint density at radius 1 is 0.717 bits per heavy atom. The van der Waals surface area contributed by atoms with Crippen molar-refractivity contribution in [2.45, 2.75) is 148 Å². The number of hydrogen-bond donors (Lipinski definition) is 1. The standard InChI is InChI=1S/C34H62O12/c1-11-34(23-43-30(3,4)13-15-35,22-40-25(2)12-16-41-32(7,8)18-26-20-38-28(36)45-26)24-44-31(5,6)14-17-42-33(9,10)19-27-21-39-29(37)46-27/h25-27,35H,11-24H2,1-10H3. The van der Waals surface area contributed by atoms with E-state index in [-0.39, 0.29) is 38.1 Å². The van der Waals surface area contributed by atoms with E-state index in [0.717, 1.165) is 6.42 Å². The van der Waals surface area contributed by atoms with Crippen LogP contribution in [0.25, 0.3) is 0 Å². The molecule has 12 heteroatoms. The maximum absolute atomic E-state index is 11.3. The quantitative estimate of drug-likeness (QED) is 0.122. The van der Waals surface area contributed by atoms with Crippen LogP contribution >= 0.6 is 0 Å². The summed E-state index contributed by atoms with van der Waals surface area (Å²) >= 11 is 0. The molecule has 4 unspecified atom stereocenters. The zero-order chi connectivity index (χ0) is 34.7. The molecule has 270 valence electrons. The Bertz CT molecular complexity index is 933. The molecule has 1 N–H and O–H groups in total. The molecule has 46 heavy (non-hydrogen) atoms. The highest BCUT2D eigenvalue weighted by Crippen LogP contribution is 2.31. The molecule has 2 aliphatic rings. The van der Waals surface area contributed by atoms with Crippen LogP contribution in [0.3, 0.4) is 0 Å². The van der Waals surface area contributed by atoms with Gasteiger partial charge in [0.25, 0.3) is 0 Å². The molecule has 2 heterocycles. The monoisotopic (exact) mass is 662 g/mol. The van der Waals surface area contributed by atoms with E-state index in [4.69, 9.17) is 42.6 Å². The molecule has 0 aromatic heterocycles. The largest absolute Gasteiger partial charge is 0.508 e. The fraction of sp³-hybridized carbons (Fsp3) is 0.941. The molecule has 0 aliphatic carbocycles. The van der Waals surface area contributed by atoms with Crippen LogP contribution in [0.5, 0.6) is 0 Å². The van der Waals surface area contributed by atoms with Crippen molar-refractivity contribution < 1.29 is 57.3 Å². The maximum atomic E-state index is 11.3. The number of aliphatic hydroxyl groups excluding tert-OH is 1. The van der Waals surface area contributed by atoms with Gasteiger partial charge < -0.3 is 47.7 Å². The van der Waals surface area contributed by atoms with E-state index in [0.29, 0.717) is 65.1 Å². The molecule has 4 atom stereocenters. The van der Waals surface area contributed by atoms with Crippen molar-refractivity contribution in [3.05, 3.63) is 0 Å². The molecule has 0 amide bonds. The number of aliphatic hydroxyl groups is 1. The van der Waals surface area contributed by atoms with Gasteiger partial charge in [0.15, 0.2) is 0 Å². The Morgan fingerprint density at radius 2 is 1.20 bits per heavy atom. The number of carbonyl (C=O) groups excluding carboxylic acids is 2. The average Bonchev–Trinajstić information content (AvgIpc) is 3.53. The Balaban J connectivity index is 1.91. The molecule has 2 saturated heterocycles. The zero-order valence-electron chi connectivity index (χ0n) is 30.1. The maximum Gasteiger partial charge on any atom is 0.508 e. The summed E-state index contributed by atoms with van der Waals surface area (Å²) in [6.45, 7) is 22.9. The van der Waals surface area contributed by atoms with Gasteiger partial charge in [-0.25, -0.2) is 9.59 Å². The molecule has 0 aromatic rings. The number of ether oxygens (including phenoxy) is 9. The molecular weight excluding hydrogens is 600 g/mol. The number of cyclic esters (lactones) is 4. The van der Waals surface area contributed by atoms with E-state index >= 15 is 0 Å². The first-order valence-electron chi connectivity index (χ1n) is 16.7. The first-order chi connectivity index (χ1) is 21.3. The molecule has 12 nitrogen and oxygen atoms in total. The van der Waals surface area contributed by atoms with Crippen molar-refractivity contribution in [2.75, 3.05) is 52.9 Å². The van der Waals surface area contributed by atoms with Crippen molar-refractivity contribution in [2.24, 2.45) is 5.41 Å². The van der Waals surface area contributed by atoms with Gasteiger partial charge in [0, 0.05) is 31.5 Å². The third-order valence-electron chi connectivity index (χ3n) is 8.63. The second-order valence-electron chi connectivity index (χ2n) is 15.3. The lowest BCUT2D eigenvalue weighted by atomic mass is 9.87. The summed E-state index contributed by atoms with van der Waals surface area (Å²) in [5.41, 5.74) is -2.37. The topological polar surface area (TPSA) is 137 Å². The average molecular weight is 663 g/mol. The van der Waals surface area contributed by atoms with Crippen LogP contribution in [0, 0.1) is 5.41 Å². The summed E-state index contributed by atoms with van der Waals surface area (Å²) in [5, 5.41) is 9.53. The second kappa shape index (κ2) is 17.6. The van der Waals surface area contributed by atoms with Crippen LogP contribution in [0.15, 0.2) is 0 Å². The van der Waals surface area contributed by atoms with E-state index < -0.39 is 40.1 Å². The molecule has 2 fully saturated rings. The minimum atomic E-state index is -0.630. The van der Waals surface area contributed by atoms with Crippen molar-refractivity contribution >= 4 is 12.3 Å². The van der Waals surface area contributed by atoms with E-state index in [9.17, 15) is 14.7 Å². The Morgan fingerprint density at radius 3 is 1.63 bits per heavy atom. The lowest BCUT2D eigenvalue weighted by Crippen LogP contribution is -2.44. The normalized spacial score (nSPS) is 21.4. The van der Waals surface area contributed by atoms with Crippen LogP contribution in [0.1, 0.15) is 108 Å². The summed E-state index contributed by atoms with van der Waals surface area (Å²) in [6, 6.07) is 0. The summed E-state index contributed by atoms with van der Waals surface area (Å²) in [6.07, 6.45) is 1.79. The van der Waals surface area contributed by atoms with Gasteiger partial charge in [-0.15, -0.1) is 0 Å². The Labute approximate surface area is 276 Å². The zero-order valence-corrected chi connectivity index (χ0v) is 30.1. The van der Waals surface area contributed by atoms with Crippen molar-refractivity contribution in [1.29, 1.82) is 0 Å². The Hall–Kier alpha value is -1.70. The Kier molecular flexibility index (Phi) is 15.5. The highest BCUT2D eigenvalue weighted by molar-refractivity contribution is 5.62. The predicted octanol–water partition coefficient (Wildman–Crippen LogP) is 5.98. The fourth-order valence-corrected chi connectivity index (χ4v) is 5.16. The van der Waals surface area contributed by atoms with Crippen molar-refractivity contribution in [3.8, 4) is 0 Å². The molecular formula is C34H62O12. The van der Waals surface area contributed by atoms with Crippen LogP contribution in [0.2, 0.25) is 0 Å². The SMILES string of the molecule is CCC(COC(C)CCOC(C)(C)CC1COC(=O)O1)(COC(C)(C)CCO)COC(C)(C)CCOC(C)(C)CC1COC(=O)O1. The first kappa shape index (κ1) is 40.5. The number of rotatable bonds is 24. The van der Waals surface area contributed by atoms with Gasteiger partial charge in [-0.05, 0) is 88.0 Å². The van der Waals surface area contributed by atoms with Gasteiger partial charge >= 0.3 is 12.3 Å². The predicted molar refractivity (Wildman–Crippen MR) is 171 cm³/mol.